The third kappa shape index (κ3) is 2.40. The highest BCUT2D eigenvalue weighted by atomic mass is 35.5. The first-order valence-corrected chi connectivity index (χ1v) is 7.64. The largest absolute Gasteiger partial charge is 0.461 e. The number of furan rings is 1. The lowest BCUT2D eigenvalue weighted by Crippen LogP contribution is -2.47. The average molecular weight is 306 g/mol. The first-order chi connectivity index (χ1) is 10.2. The molecule has 110 valence electrons. The summed E-state index contributed by atoms with van der Waals surface area (Å²) in [4.78, 5) is 18.9. The van der Waals surface area contributed by atoms with Crippen LogP contribution in [0.25, 0.3) is 11.0 Å². The fourth-order valence-electron chi connectivity index (χ4n) is 3.48. The van der Waals surface area contributed by atoms with Crippen molar-refractivity contribution < 1.29 is 9.21 Å². The molecular weight excluding hydrogens is 290 g/mol. The highest BCUT2D eigenvalue weighted by Gasteiger charge is 2.33. The van der Waals surface area contributed by atoms with E-state index in [1.54, 1.807) is 18.4 Å². The van der Waals surface area contributed by atoms with Crippen molar-refractivity contribution in [2.45, 2.75) is 18.9 Å². The fourth-order valence-corrected chi connectivity index (χ4v) is 3.72. The molecule has 0 aliphatic carbocycles. The topological polar surface area (TPSA) is 58.4 Å². The number of hydrogen-bond donors (Lipinski definition) is 1. The molecule has 0 saturated carbocycles. The van der Waals surface area contributed by atoms with Gasteiger partial charge in [0.15, 0.2) is 10.7 Å². The number of aromatic nitrogens is 1. The molecule has 3 unspecified atom stereocenters. The Balaban J connectivity index is 1.53. The molecule has 2 aromatic heterocycles. The van der Waals surface area contributed by atoms with E-state index in [2.05, 4.69) is 15.2 Å². The molecule has 6 heteroatoms. The van der Waals surface area contributed by atoms with Crippen molar-refractivity contribution in [3.63, 3.8) is 0 Å². The molecule has 0 radical (unpaired) electrons. The highest BCUT2D eigenvalue weighted by Crippen LogP contribution is 2.27. The summed E-state index contributed by atoms with van der Waals surface area (Å²) in [6.07, 6.45) is 3.85. The van der Waals surface area contributed by atoms with Crippen molar-refractivity contribution in [2.24, 2.45) is 5.92 Å². The molecule has 2 aliphatic heterocycles. The van der Waals surface area contributed by atoms with Crippen LogP contribution in [0, 0.1) is 5.92 Å². The van der Waals surface area contributed by atoms with E-state index in [1.807, 2.05) is 0 Å². The van der Waals surface area contributed by atoms with E-state index in [1.165, 1.54) is 13.0 Å². The predicted molar refractivity (Wildman–Crippen MR) is 79.4 cm³/mol. The van der Waals surface area contributed by atoms with E-state index in [4.69, 9.17) is 16.0 Å². The van der Waals surface area contributed by atoms with Crippen LogP contribution in [0.5, 0.6) is 0 Å². The predicted octanol–water partition coefficient (Wildman–Crippen LogP) is 2.31. The number of pyridine rings is 1. The van der Waals surface area contributed by atoms with Crippen molar-refractivity contribution in [1.82, 2.24) is 15.2 Å². The zero-order valence-electron chi connectivity index (χ0n) is 11.5. The normalized spacial score (nSPS) is 28.0. The molecular formula is C15H16ClN3O2. The van der Waals surface area contributed by atoms with Gasteiger partial charge in [-0.05, 0) is 37.4 Å². The maximum atomic E-state index is 12.4. The quantitative estimate of drug-likeness (QED) is 0.865. The molecule has 1 amide bonds. The maximum absolute atomic E-state index is 12.4. The van der Waals surface area contributed by atoms with Crippen molar-refractivity contribution in [1.29, 1.82) is 0 Å². The maximum Gasteiger partial charge on any atom is 0.270 e. The number of halogens is 1. The molecule has 2 bridgehead atoms. The van der Waals surface area contributed by atoms with E-state index >= 15 is 0 Å². The molecule has 2 aromatic rings. The Morgan fingerprint density at radius 2 is 2.38 bits per heavy atom. The smallest absolute Gasteiger partial charge is 0.270 e. The van der Waals surface area contributed by atoms with E-state index in [-0.39, 0.29) is 17.1 Å². The second-order valence-electron chi connectivity index (χ2n) is 5.96. The van der Waals surface area contributed by atoms with E-state index < -0.39 is 0 Å². The molecule has 21 heavy (non-hydrogen) atoms. The summed E-state index contributed by atoms with van der Waals surface area (Å²) in [6.45, 7) is 3.27. The van der Waals surface area contributed by atoms with Gasteiger partial charge >= 0.3 is 0 Å². The van der Waals surface area contributed by atoms with Crippen LogP contribution in [0.15, 0.2) is 22.8 Å². The molecule has 4 rings (SSSR count). The van der Waals surface area contributed by atoms with Crippen molar-refractivity contribution in [2.75, 3.05) is 19.6 Å². The Morgan fingerprint density at radius 1 is 1.48 bits per heavy atom. The molecule has 1 N–H and O–H groups in total. The lowest BCUT2D eigenvalue weighted by molar-refractivity contribution is 0.0904. The zero-order chi connectivity index (χ0) is 14.4. The number of carbonyl (C=O) groups is 1. The summed E-state index contributed by atoms with van der Waals surface area (Å²) >= 11 is 6.05. The Morgan fingerprint density at radius 3 is 3.24 bits per heavy atom. The van der Waals surface area contributed by atoms with Gasteiger partial charge in [-0.2, -0.15) is 0 Å². The summed E-state index contributed by atoms with van der Waals surface area (Å²) in [7, 11) is 0. The number of amides is 1. The summed E-state index contributed by atoms with van der Waals surface area (Å²) in [5.41, 5.74) is 0.872. The van der Waals surface area contributed by atoms with Crippen LogP contribution in [0.4, 0.5) is 0 Å². The van der Waals surface area contributed by atoms with Gasteiger partial charge in [0, 0.05) is 24.5 Å². The van der Waals surface area contributed by atoms with Gasteiger partial charge in [-0.15, -0.1) is 0 Å². The van der Waals surface area contributed by atoms with E-state index in [9.17, 15) is 4.79 Å². The monoisotopic (exact) mass is 305 g/mol. The molecule has 4 heterocycles. The summed E-state index contributed by atoms with van der Waals surface area (Å²) in [6, 6.07) is 3.71. The molecule has 2 saturated heterocycles. The second-order valence-corrected chi connectivity index (χ2v) is 6.32. The average Bonchev–Trinajstić information content (AvgIpc) is 3.05. The van der Waals surface area contributed by atoms with Gasteiger partial charge in [-0.1, -0.05) is 11.6 Å². The van der Waals surface area contributed by atoms with Crippen molar-refractivity contribution in [3.05, 3.63) is 29.2 Å². The van der Waals surface area contributed by atoms with Crippen LogP contribution in [0.1, 0.15) is 23.3 Å². The number of hydrogen-bond acceptors (Lipinski definition) is 4. The van der Waals surface area contributed by atoms with Crippen molar-refractivity contribution >= 4 is 28.5 Å². The minimum atomic E-state index is -0.160. The number of fused-ring (bicyclic) bond motifs is 3. The Bertz CT molecular complexity index is 687. The second kappa shape index (κ2) is 5.00. The number of rotatable bonds is 2. The van der Waals surface area contributed by atoms with Gasteiger partial charge in [0.05, 0.1) is 6.26 Å². The van der Waals surface area contributed by atoms with Crippen LogP contribution < -0.4 is 5.32 Å². The van der Waals surface area contributed by atoms with Gasteiger partial charge < -0.3 is 14.6 Å². The molecule has 0 spiro atoms. The number of nitrogens with one attached hydrogen (secondary N) is 1. The fraction of sp³-hybridized carbons (Fsp3) is 0.467. The molecule has 2 fully saturated rings. The van der Waals surface area contributed by atoms with Crippen LogP contribution in [-0.4, -0.2) is 41.5 Å². The zero-order valence-corrected chi connectivity index (χ0v) is 12.3. The molecule has 0 aromatic carbocycles. The SMILES string of the molecule is O=C(NC1CC2CCN(C2)C1)c1cc2ccoc2c(Cl)n1. The Hall–Kier alpha value is -1.59. The van der Waals surface area contributed by atoms with E-state index in [0.29, 0.717) is 11.3 Å². The van der Waals surface area contributed by atoms with Gasteiger partial charge in [-0.25, -0.2) is 4.98 Å². The van der Waals surface area contributed by atoms with Crippen LogP contribution in [-0.2, 0) is 0 Å². The van der Waals surface area contributed by atoms with Crippen LogP contribution in [0.2, 0.25) is 5.15 Å². The van der Waals surface area contributed by atoms with Crippen LogP contribution in [0.3, 0.4) is 0 Å². The third-order valence-corrected chi connectivity index (χ3v) is 4.68. The standard InChI is InChI=1S/C15H16ClN3O2/c16-14-13-10(2-4-21-13)6-12(18-14)15(20)17-11-5-9-1-3-19(7-9)8-11/h2,4,6,9,11H,1,3,5,7-8H2,(H,17,20). The molecule has 3 atom stereocenters. The first-order valence-electron chi connectivity index (χ1n) is 7.26. The first kappa shape index (κ1) is 13.1. The summed E-state index contributed by atoms with van der Waals surface area (Å²) in [5.74, 6) is 0.560. The molecule has 2 aliphatic rings. The highest BCUT2D eigenvalue weighted by molar-refractivity contribution is 6.33. The Labute approximate surface area is 127 Å². The minimum absolute atomic E-state index is 0.160. The molecule has 5 nitrogen and oxygen atoms in total. The van der Waals surface area contributed by atoms with Gasteiger partial charge in [-0.3, -0.25) is 4.79 Å². The minimum Gasteiger partial charge on any atom is -0.461 e. The number of piperidine rings is 1. The van der Waals surface area contributed by atoms with Gasteiger partial charge in [0.25, 0.3) is 5.91 Å². The Kier molecular flexibility index (Phi) is 3.12. The van der Waals surface area contributed by atoms with Crippen molar-refractivity contribution in [3.8, 4) is 0 Å². The number of nitrogens with zero attached hydrogens (tertiary/aromatic N) is 2. The van der Waals surface area contributed by atoms with Gasteiger partial charge in [0.1, 0.15) is 5.69 Å². The van der Waals surface area contributed by atoms with Crippen LogP contribution >= 0.6 is 11.6 Å². The number of carbonyl (C=O) groups excluding carboxylic acids is 1. The lowest BCUT2D eigenvalue weighted by atomic mass is 9.97. The summed E-state index contributed by atoms with van der Waals surface area (Å²) in [5, 5.41) is 4.12. The summed E-state index contributed by atoms with van der Waals surface area (Å²) < 4.78 is 5.24. The third-order valence-electron chi connectivity index (χ3n) is 4.43. The van der Waals surface area contributed by atoms with E-state index in [0.717, 1.165) is 30.8 Å². The van der Waals surface area contributed by atoms with Gasteiger partial charge in [0.2, 0.25) is 0 Å². The lowest BCUT2D eigenvalue weighted by Gasteiger charge is -2.30.